The summed E-state index contributed by atoms with van der Waals surface area (Å²) in [6.45, 7) is 0.402. The van der Waals surface area contributed by atoms with Gasteiger partial charge in [-0.25, -0.2) is 0 Å². The van der Waals surface area contributed by atoms with Gasteiger partial charge in [0.2, 0.25) is 0 Å². The number of hydrogen-bond acceptors (Lipinski definition) is 3. The van der Waals surface area contributed by atoms with Gasteiger partial charge in [0.1, 0.15) is 0 Å². The Labute approximate surface area is 136 Å². The predicted molar refractivity (Wildman–Crippen MR) is 86.3 cm³/mol. The van der Waals surface area contributed by atoms with E-state index in [0.717, 1.165) is 21.2 Å². The zero-order valence-corrected chi connectivity index (χ0v) is 13.2. The van der Waals surface area contributed by atoms with Crippen molar-refractivity contribution in [2.45, 2.75) is 16.2 Å². The highest BCUT2D eigenvalue weighted by Gasteiger charge is 2.24. The summed E-state index contributed by atoms with van der Waals surface area (Å²) < 4.78 is 0. The zero-order chi connectivity index (χ0) is 15.0. The van der Waals surface area contributed by atoms with E-state index in [4.69, 9.17) is 28.3 Å². The summed E-state index contributed by atoms with van der Waals surface area (Å²) in [5.74, 6) is -0.820. The van der Waals surface area contributed by atoms with Crippen LogP contribution in [-0.4, -0.2) is 17.6 Å². The second-order valence-corrected chi connectivity index (χ2v) is 6.58. The molecular weight excluding hydrogens is 329 g/mol. The normalized spacial score (nSPS) is 12.8. The van der Waals surface area contributed by atoms with Crippen LogP contribution < -0.4 is 4.90 Å². The SMILES string of the molecule is O=C(O)CCN1c2ccc(Cl)cc2Sc2cc(Cl)ccc21. The van der Waals surface area contributed by atoms with E-state index in [1.807, 2.05) is 41.3 Å². The van der Waals surface area contributed by atoms with Gasteiger partial charge in [-0.3, -0.25) is 4.79 Å². The van der Waals surface area contributed by atoms with Gasteiger partial charge >= 0.3 is 5.97 Å². The minimum absolute atomic E-state index is 0.0643. The van der Waals surface area contributed by atoms with Crippen molar-refractivity contribution in [2.75, 3.05) is 11.4 Å². The molecule has 6 heteroatoms. The molecule has 2 aromatic carbocycles. The fourth-order valence-corrected chi connectivity index (χ4v) is 3.93. The van der Waals surface area contributed by atoms with Crippen LogP contribution in [0.3, 0.4) is 0 Å². The molecule has 0 aromatic heterocycles. The van der Waals surface area contributed by atoms with Crippen LogP contribution in [0.25, 0.3) is 0 Å². The average Bonchev–Trinajstić information content (AvgIpc) is 2.42. The molecule has 0 radical (unpaired) electrons. The molecule has 2 aromatic rings. The van der Waals surface area contributed by atoms with E-state index in [1.165, 1.54) is 0 Å². The van der Waals surface area contributed by atoms with E-state index < -0.39 is 5.97 Å². The maximum atomic E-state index is 10.9. The number of benzene rings is 2. The lowest BCUT2D eigenvalue weighted by molar-refractivity contribution is -0.136. The molecule has 3 rings (SSSR count). The van der Waals surface area contributed by atoms with Crippen molar-refractivity contribution in [3.63, 3.8) is 0 Å². The van der Waals surface area contributed by atoms with Crippen LogP contribution in [0.15, 0.2) is 46.2 Å². The number of carbonyl (C=O) groups is 1. The molecule has 21 heavy (non-hydrogen) atoms. The lowest BCUT2D eigenvalue weighted by atomic mass is 10.2. The number of nitrogens with zero attached hydrogens (tertiary/aromatic N) is 1. The van der Waals surface area contributed by atoms with Gasteiger partial charge in [0.05, 0.1) is 17.8 Å². The van der Waals surface area contributed by atoms with Gasteiger partial charge in [-0.1, -0.05) is 35.0 Å². The quantitative estimate of drug-likeness (QED) is 0.847. The highest BCUT2D eigenvalue weighted by Crippen LogP contribution is 2.49. The summed E-state index contributed by atoms with van der Waals surface area (Å²) in [5.41, 5.74) is 1.95. The molecule has 0 aliphatic carbocycles. The number of aliphatic carboxylic acids is 1. The summed E-state index contributed by atoms with van der Waals surface area (Å²) in [5, 5.41) is 10.3. The van der Waals surface area contributed by atoms with Crippen molar-refractivity contribution >= 4 is 52.3 Å². The minimum Gasteiger partial charge on any atom is -0.481 e. The van der Waals surface area contributed by atoms with Crippen LogP contribution in [-0.2, 0) is 4.79 Å². The van der Waals surface area contributed by atoms with E-state index in [1.54, 1.807) is 11.8 Å². The van der Waals surface area contributed by atoms with Crippen molar-refractivity contribution in [1.82, 2.24) is 0 Å². The van der Waals surface area contributed by atoms with Gasteiger partial charge in [0.15, 0.2) is 0 Å². The summed E-state index contributed by atoms with van der Waals surface area (Å²) >= 11 is 13.7. The summed E-state index contributed by atoms with van der Waals surface area (Å²) in [6, 6.07) is 11.2. The van der Waals surface area contributed by atoms with E-state index in [9.17, 15) is 4.79 Å². The van der Waals surface area contributed by atoms with Crippen molar-refractivity contribution < 1.29 is 9.90 Å². The number of anilines is 2. The molecule has 1 aliphatic heterocycles. The number of halogens is 2. The predicted octanol–water partition coefficient (Wildman–Crippen LogP) is 5.07. The monoisotopic (exact) mass is 339 g/mol. The summed E-state index contributed by atoms with van der Waals surface area (Å²) in [6.07, 6.45) is 0.0643. The second-order valence-electron chi connectivity index (χ2n) is 4.62. The molecule has 0 spiro atoms. The smallest absolute Gasteiger partial charge is 0.305 e. The molecule has 0 saturated carbocycles. The molecule has 3 nitrogen and oxygen atoms in total. The Morgan fingerprint density at radius 3 is 2.05 bits per heavy atom. The number of hydrogen-bond donors (Lipinski definition) is 1. The molecule has 1 heterocycles. The first kappa shape index (κ1) is 14.6. The summed E-state index contributed by atoms with van der Waals surface area (Å²) in [7, 11) is 0. The van der Waals surface area contributed by atoms with Crippen molar-refractivity contribution in [2.24, 2.45) is 0 Å². The van der Waals surface area contributed by atoms with Gasteiger partial charge in [0, 0.05) is 26.4 Å². The fraction of sp³-hybridized carbons (Fsp3) is 0.133. The van der Waals surface area contributed by atoms with Crippen molar-refractivity contribution in [3.05, 3.63) is 46.4 Å². The molecule has 1 aliphatic rings. The van der Waals surface area contributed by atoms with Crippen LogP contribution in [0, 0.1) is 0 Å². The molecule has 0 bridgehead atoms. The Bertz CT molecular complexity index is 669. The Kier molecular flexibility index (Phi) is 4.02. The van der Waals surface area contributed by atoms with E-state index in [0.29, 0.717) is 16.6 Å². The van der Waals surface area contributed by atoms with Gasteiger partial charge in [-0.2, -0.15) is 0 Å². The molecule has 0 atom stereocenters. The molecule has 0 saturated heterocycles. The maximum absolute atomic E-state index is 10.9. The minimum atomic E-state index is -0.820. The summed E-state index contributed by atoms with van der Waals surface area (Å²) in [4.78, 5) is 14.9. The van der Waals surface area contributed by atoms with Crippen LogP contribution in [0.5, 0.6) is 0 Å². The van der Waals surface area contributed by atoms with Gasteiger partial charge in [-0.15, -0.1) is 0 Å². The highest BCUT2D eigenvalue weighted by molar-refractivity contribution is 7.99. The average molecular weight is 340 g/mol. The van der Waals surface area contributed by atoms with Crippen molar-refractivity contribution in [3.8, 4) is 0 Å². The largest absolute Gasteiger partial charge is 0.481 e. The standard InChI is InChI=1S/C15H11Cl2NO2S/c16-9-1-3-11-13(7-9)21-14-8-10(17)2-4-12(14)18(11)6-5-15(19)20/h1-4,7-8H,5-6H2,(H,19,20). The second kappa shape index (κ2) is 5.79. The third-order valence-corrected chi connectivity index (χ3v) is 4.76. The van der Waals surface area contributed by atoms with Gasteiger partial charge < -0.3 is 10.0 Å². The van der Waals surface area contributed by atoms with Crippen molar-refractivity contribution in [1.29, 1.82) is 0 Å². The van der Waals surface area contributed by atoms with E-state index in [-0.39, 0.29) is 6.42 Å². The van der Waals surface area contributed by atoms with Gasteiger partial charge in [-0.05, 0) is 36.4 Å². The Hall–Kier alpha value is -1.36. The first-order valence-corrected chi connectivity index (χ1v) is 7.88. The third-order valence-electron chi connectivity index (χ3n) is 3.19. The van der Waals surface area contributed by atoms with Crippen LogP contribution in [0.1, 0.15) is 6.42 Å². The van der Waals surface area contributed by atoms with E-state index >= 15 is 0 Å². The van der Waals surface area contributed by atoms with Crippen LogP contribution in [0.2, 0.25) is 10.0 Å². The zero-order valence-electron chi connectivity index (χ0n) is 10.8. The molecular formula is C15H11Cl2NO2S. The first-order chi connectivity index (χ1) is 10.0. The van der Waals surface area contributed by atoms with Gasteiger partial charge in [0.25, 0.3) is 0 Å². The Balaban J connectivity index is 2.07. The molecule has 0 fully saturated rings. The first-order valence-electron chi connectivity index (χ1n) is 6.31. The highest BCUT2D eigenvalue weighted by atomic mass is 35.5. The molecule has 1 N–H and O–H groups in total. The molecule has 108 valence electrons. The lowest BCUT2D eigenvalue weighted by Crippen LogP contribution is -2.23. The number of carboxylic acid groups (broad SMARTS) is 1. The topological polar surface area (TPSA) is 40.5 Å². The Morgan fingerprint density at radius 1 is 1.05 bits per heavy atom. The number of rotatable bonds is 3. The maximum Gasteiger partial charge on any atom is 0.305 e. The Morgan fingerprint density at radius 2 is 1.57 bits per heavy atom. The molecule has 0 unspecified atom stereocenters. The molecule has 0 amide bonds. The van der Waals surface area contributed by atoms with E-state index in [2.05, 4.69) is 0 Å². The van der Waals surface area contributed by atoms with Crippen LogP contribution in [0.4, 0.5) is 11.4 Å². The fourth-order valence-electron chi connectivity index (χ4n) is 2.28. The van der Waals surface area contributed by atoms with Crippen LogP contribution >= 0.6 is 35.0 Å². The third kappa shape index (κ3) is 2.98. The number of carboxylic acids is 1. The number of fused-ring (bicyclic) bond motifs is 2. The lowest BCUT2D eigenvalue weighted by Gasteiger charge is -2.32.